The molecule has 2 heteroatoms. The van der Waals surface area contributed by atoms with E-state index in [0.29, 0.717) is 12.0 Å². The summed E-state index contributed by atoms with van der Waals surface area (Å²) in [6.07, 6.45) is 1.28. The molecule has 1 saturated heterocycles. The van der Waals surface area contributed by atoms with Crippen molar-refractivity contribution < 1.29 is 0 Å². The summed E-state index contributed by atoms with van der Waals surface area (Å²) in [6.45, 7) is 4.49. The second-order valence-corrected chi connectivity index (χ2v) is 6.24. The third-order valence-electron chi connectivity index (χ3n) is 5.00. The third kappa shape index (κ3) is 2.50. The van der Waals surface area contributed by atoms with Crippen LogP contribution in [0.15, 0.2) is 54.6 Å². The van der Waals surface area contributed by atoms with Gasteiger partial charge in [0.15, 0.2) is 0 Å². The zero-order valence-electron chi connectivity index (χ0n) is 12.3. The Labute approximate surface area is 126 Å². The highest BCUT2D eigenvalue weighted by molar-refractivity contribution is 5.33. The van der Waals surface area contributed by atoms with Gasteiger partial charge < -0.3 is 5.32 Å². The molecule has 0 spiro atoms. The fourth-order valence-electron chi connectivity index (χ4n) is 3.87. The van der Waals surface area contributed by atoms with Gasteiger partial charge in [-0.15, -0.1) is 0 Å². The standard InChI is InChI=1S/C19H22N2/c1-2-6-15(7-3-1)17-10-11-21(14-17)19-13-20-12-16-8-4-5-9-18(16)19/h1-9,17,19-20H,10-14H2. The van der Waals surface area contributed by atoms with Crippen LogP contribution in [0.1, 0.15) is 35.1 Å². The van der Waals surface area contributed by atoms with Gasteiger partial charge >= 0.3 is 0 Å². The molecule has 2 aromatic carbocycles. The van der Waals surface area contributed by atoms with Crippen molar-refractivity contribution in [2.24, 2.45) is 0 Å². The smallest absolute Gasteiger partial charge is 0.0476 e. The van der Waals surface area contributed by atoms with Crippen LogP contribution in [0.4, 0.5) is 0 Å². The highest BCUT2D eigenvalue weighted by Crippen LogP contribution is 2.35. The summed E-state index contributed by atoms with van der Waals surface area (Å²) in [7, 11) is 0. The van der Waals surface area contributed by atoms with Crippen LogP contribution in [0.5, 0.6) is 0 Å². The number of hydrogen-bond donors (Lipinski definition) is 1. The third-order valence-corrected chi connectivity index (χ3v) is 5.00. The monoisotopic (exact) mass is 278 g/mol. The SMILES string of the molecule is c1ccc(C2CCN(C3CNCc4ccccc43)C2)cc1. The molecule has 1 fully saturated rings. The topological polar surface area (TPSA) is 15.3 Å². The van der Waals surface area contributed by atoms with Crippen LogP contribution in [0.25, 0.3) is 0 Å². The van der Waals surface area contributed by atoms with Crippen LogP contribution in [0.2, 0.25) is 0 Å². The van der Waals surface area contributed by atoms with Crippen LogP contribution in [-0.2, 0) is 6.54 Å². The normalized spacial score (nSPS) is 25.7. The molecule has 21 heavy (non-hydrogen) atoms. The van der Waals surface area contributed by atoms with E-state index in [1.807, 2.05) is 0 Å². The molecule has 0 saturated carbocycles. The molecule has 2 atom stereocenters. The van der Waals surface area contributed by atoms with E-state index in [9.17, 15) is 0 Å². The molecule has 1 N–H and O–H groups in total. The molecule has 0 amide bonds. The minimum Gasteiger partial charge on any atom is -0.311 e. The lowest BCUT2D eigenvalue weighted by Gasteiger charge is -2.33. The summed E-state index contributed by atoms with van der Waals surface area (Å²) in [6, 6.07) is 20.5. The first-order valence-electron chi connectivity index (χ1n) is 7.99. The second kappa shape index (κ2) is 5.63. The van der Waals surface area contributed by atoms with Crippen molar-refractivity contribution >= 4 is 0 Å². The van der Waals surface area contributed by atoms with E-state index in [1.54, 1.807) is 0 Å². The molecule has 0 bridgehead atoms. The molecule has 108 valence electrons. The van der Waals surface area contributed by atoms with Gasteiger partial charge in [0.05, 0.1) is 0 Å². The zero-order valence-corrected chi connectivity index (χ0v) is 12.3. The maximum atomic E-state index is 3.58. The van der Waals surface area contributed by atoms with Gasteiger partial charge in [0.2, 0.25) is 0 Å². The number of nitrogens with zero attached hydrogens (tertiary/aromatic N) is 1. The Balaban J connectivity index is 1.54. The number of rotatable bonds is 2. The average molecular weight is 278 g/mol. The molecule has 2 nitrogen and oxygen atoms in total. The minimum absolute atomic E-state index is 0.545. The number of likely N-dealkylation sites (tertiary alicyclic amines) is 1. The molecule has 0 aliphatic carbocycles. The van der Waals surface area contributed by atoms with Gasteiger partial charge in [-0.05, 0) is 35.6 Å². The summed E-state index contributed by atoms with van der Waals surface area (Å²) in [5.74, 6) is 0.695. The first-order valence-corrected chi connectivity index (χ1v) is 7.99. The van der Waals surface area contributed by atoms with Crippen molar-refractivity contribution in [1.82, 2.24) is 10.2 Å². The summed E-state index contributed by atoms with van der Waals surface area (Å²) >= 11 is 0. The zero-order chi connectivity index (χ0) is 14.1. The van der Waals surface area contributed by atoms with Gasteiger partial charge in [-0.1, -0.05) is 54.6 Å². The fourth-order valence-corrected chi connectivity index (χ4v) is 3.87. The molecule has 2 unspecified atom stereocenters. The van der Waals surface area contributed by atoms with Crippen LogP contribution in [0.3, 0.4) is 0 Å². The first-order chi connectivity index (χ1) is 10.4. The lowest BCUT2D eigenvalue weighted by Crippen LogP contribution is -2.38. The summed E-state index contributed by atoms with van der Waals surface area (Å²) in [5.41, 5.74) is 4.50. The van der Waals surface area contributed by atoms with Crippen molar-refractivity contribution in [3.63, 3.8) is 0 Å². The van der Waals surface area contributed by atoms with E-state index in [0.717, 1.165) is 13.1 Å². The lowest BCUT2D eigenvalue weighted by atomic mass is 9.95. The highest BCUT2D eigenvalue weighted by Gasteiger charge is 2.31. The van der Waals surface area contributed by atoms with E-state index in [4.69, 9.17) is 0 Å². The Morgan fingerprint density at radius 3 is 2.67 bits per heavy atom. The van der Waals surface area contributed by atoms with Gasteiger partial charge in [0, 0.05) is 25.7 Å². The van der Waals surface area contributed by atoms with Gasteiger partial charge in [-0.2, -0.15) is 0 Å². The van der Waals surface area contributed by atoms with Crippen molar-refractivity contribution in [3.05, 3.63) is 71.3 Å². The van der Waals surface area contributed by atoms with Crippen molar-refractivity contribution in [1.29, 1.82) is 0 Å². The predicted molar refractivity (Wildman–Crippen MR) is 86.3 cm³/mol. The van der Waals surface area contributed by atoms with Gasteiger partial charge in [0.1, 0.15) is 0 Å². The van der Waals surface area contributed by atoms with Gasteiger partial charge in [0.25, 0.3) is 0 Å². The maximum absolute atomic E-state index is 3.58. The molecular formula is C19H22N2. The number of nitrogens with one attached hydrogen (secondary N) is 1. The Kier molecular flexibility index (Phi) is 3.50. The Morgan fingerprint density at radius 1 is 0.952 bits per heavy atom. The van der Waals surface area contributed by atoms with Crippen LogP contribution in [0, 0.1) is 0 Å². The summed E-state index contributed by atoms with van der Waals surface area (Å²) in [5, 5.41) is 3.58. The van der Waals surface area contributed by atoms with E-state index >= 15 is 0 Å². The first kappa shape index (κ1) is 13.1. The minimum atomic E-state index is 0.545. The summed E-state index contributed by atoms with van der Waals surface area (Å²) in [4.78, 5) is 2.67. The lowest BCUT2D eigenvalue weighted by molar-refractivity contribution is 0.226. The Hall–Kier alpha value is -1.64. The molecule has 2 aromatic rings. The largest absolute Gasteiger partial charge is 0.311 e. The predicted octanol–water partition coefficient (Wildman–Crippen LogP) is 3.32. The molecule has 0 radical (unpaired) electrons. The van der Waals surface area contributed by atoms with E-state index in [1.165, 1.54) is 36.2 Å². The second-order valence-electron chi connectivity index (χ2n) is 6.24. The van der Waals surface area contributed by atoms with Gasteiger partial charge in [-0.3, -0.25) is 4.90 Å². The Bertz CT molecular complexity index is 608. The number of hydrogen-bond acceptors (Lipinski definition) is 2. The fraction of sp³-hybridized carbons (Fsp3) is 0.368. The molecule has 4 rings (SSSR count). The van der Waals surface area contributed by atoms with Crippen molar-refractivity contribution in [3.8, 4) is 0 Å². The van der Waals surface area contributed by atoms with Crippen LogP contribution in [-0.4, -0.2) is 24.5 Å². The summed E-state index contributed by atoms with van der Waals surface area (Å²) < 4.78 is 0. The average Bonchev–Trinajstić information content (AvgIpc) is 3.05. The molecular weight excluding hydrogens is 256 g/mol. The van der Waals surface area contributed by atoms with E-state index in [-0.39, 0.29) is 0 Å². The van der Waals surface area contributed by atoms with E-state index in [2.05, 4.69) is 64.8 Å². The van der Waals surface area contributed by atoms with Gasteiger partial charge in [-0.25, -0.2) is 0 Å². The molecule has 2 heterocycles. The maximum Gasteiger partial charge on any atom is 0.0476 e. The number of benzene rings is 2. The molecule has 2 aliphatic heterocycles. The van der Waals surface area contributed by atoms with E-state index < -0.39 is 0 Å². The molecule has 0 aromatic heterocycles. The van der Waals surface area contributed by atoms with Crippen molar-refractivity contribution in [2.45, 2.75) is 24.9 Å². The van der Waals surface area contributed by atoms with Crippen molar-refractivity contribution in [2.75, 3.05) is 19.6 Å². The molecule has 2 aliphatic rings. The Morgan fingerprint density at radius 2 is 1.76 bits per heavy atom. The highest BCUT2D eigenvalue weighted by atomic mass is 15.2. The quantitative estimate of drug-likeness (QED) is 0.906. The number of fused-ring (bicyclic) bond motifs is 1. The van der Waals surface area contributed by atoms with Crippen LogP contribution >= 0.6 is 0 Å². The van der Waals surface area contributed by atoms with Crippen LogP contribution < -0.4 is 5.32 Å².